The van der Waals surface area contributed by atoms with Crippen LogP contribution in [0.3, 0.4) is 0 Å². The summed E-state index contributed by atoms with van der Waals surface area (Å²) < 4.78 is 11.0. The van der Waals surface area contributed by atoms with Gasteiger partial charge in [-0.2, -0.15) is 0 Å². The summed E-state index contributed by atoms with van der Waals surface area (Å²) in [6.07, 6.45) is 5.06. The van der Waals surface area contributed by atoms with Gasteiger partial charge < -0.3 is 25.8 Å². The van der Waals surface area contributed by atoms with Crippen molar-refractivity contribution in [1.82, 2.24) is 5.32 Å². The highest BCUT2D eigenvalue weighted by Crippen LogP contribution is 2.29. The standard InChI is InChI=1S/C16H22N4O3/c1-4-9-18-15(21)11-19-16(17)20-13-10-12(22-5-2)7-8-14(13)23-6-3/h1,7-8,10H,5-6,9,11H2,2-3H3,(H,18,21)(H3,17,19,20). The lowest BCUT2D eigenvalue weighted by atomic mass is 10.2. The van der Waals surface area contributed by atoms with Gasteiger partial charge >= 0.3 is 0 Å². The van der Waals surface area contributed by atoms with E-state index in [0.717, 1.165) is 0 Å². The number of carbonyl (C=O) groups is 1. The van der Waals surface area contributed by atoms with Crippen molar-refractivity contribution < 1.29 is 14.3 Å². The molecule has 0 fully saturated rings. The van der Waals surface area contributed by atoms with Crippen molar-refractivity contribution in [1.29, 1.82) is 0 Å². The van der Waals surface area contributed by atoms with E-state index in [1.54, 1.807) is 18.2 Å². The van der Waals surface area contributed by atoms with Crippen molar-refractivity contribution in [2.75, 3.05) is 31.6 Å². The molecule has 0 aliphatic carbocycles. The van der Waals surface area contributed by atoms with Gasteiger partial charge in [-0.3, -0.25) is 4.79 Å². The highest BCUT2D eigenvalue weighted by Gasteiger charge is 2.07. The van der Waals surface area contributed by atoms with Gasteiger partial charge in [0.15, 0.2) is 5.96 Å². The van der Waals surface area contributed by atoms with Gasteiger partial charge in [-0.25, -0.2) is 4.99 Å². The smallest absolute Gasteiger partial charge is 0.242 e. The third kappa shape index (κ3) is 6.61. The molecule has 0 aliphatic rings. The number of nitrogens with one attached hydrogen (secondary N) is 2. The first-order valence-corrected chi connectivity index (χ1v) is 7.27. The minimum absolute atomic E-state index is 0.0930. The van der Waals surface area contributed by atoms with E-state index in [4.69, 9.17) is 21.6 Å². The Morgan fingerprint density at radius 1 is 1.35 bits per heavy atom. The van der Waals surface area contributed by atoms with Crippen molar-refractivity contribution in [3.63, 3.8) is 0 Å². The van der Waals surface area contributed by atoms with E-state index in [9.17, 15) is 4.79 Å². The number of aliphatic imine (C=N–C) groups is 1. The molecule has 1 aromatic carbocycles. The van der Waals surface area contributed by atoms with Crippen LogP contribution in [0.2, 0.25) is 0 Å². The van der Waals surface area contributed by atoms with E-state index in [1.807, 2.05) is 13.8 Å². The molecule has 0 atom stereocenters. The lowest BCUT2D eigenvalue weighted by Gasteiger charge is -2.13. The summed E-state index contributed by atoms with van der Waals surface area (Å²) >= 11 is 0. The second-order valence-electron chi connectivity index (χ2n) is 4.33. The number of amides is 1. The van der Waals surface area contributed by atoms with Crippen LogP contribution < -0.4 is 25.8 Å². The Labute approximate surface area is 136 Å². The zero-order valence-electron chi connectivity index (χ0n) is 13.4. The summed E-state index contributed by atoms with van der Waals surface area (Å²) in [6, 6.07) is 5.35. The van der Waals surface area contributed by atoms with Gasteiger partial charge in [-0.05, 0) is 26.0 Å². The zero-order valence-corrected chi connectivity index (χ0v) is 13.4. The number of anilines is 1. The first-order chi connectivity index (χ1) is 11.1. The summed E-state index contributed by atoms with van der Waals surface area (Å²) in [5, 5.41) is 5.41. The Morgan fingerprint density at radius 2 is 2.09 bits per heavy atom. The highest BCUT2D eigenvalue weighted by atomic mass is 16.5. The quantitative estimate of drug-likeness (QED) is 0.377. The minimum atomic E-state index is -0.305. The van der Waals surface area contributed by atoms with Crippen molar-refractivity contribution >= 4 is 17.6 Å². The second kappa shape index (κ2) is 9.95. The summed E-state index contributed by atoms with van der Waals surface area (Å²) in [6.45, 7) is 4.88. The summed E-state index contributed by atoms with van der Waals surface area (Å²) in [4.78, 5) is 15.4. The molecule has 124 valence electrons. The highest BCUT2D eigenvalue weighted by molar-refractivity contribution is 5.95. The molecule has 0 unspecified atom stereocenters. The Balaban J connectivity index is 2.78. The maximum absolute atomic E-state index is 11.4. The van der Waals surface area contributed by atoms with Crippen LogP contribution in [0.5, 0.6) is 11.5 Å². The summed E-state index contributed by atoms with van der Waals surface area (Å²) in [7, 11) is 0. The minimum Gasteiger partial charge on any atom is -0.494 e. The average molecular weight is 318 g/mol. The molecule has 0 spiro atoms. The van der Waals surface area contributed by atoms with Gasteiger partial charge in [-0.1, -0.05) is 5.92 Å². The monoisotopic (exact) mass is 318 g/mol. The lowest BCUT2D eigenvalue weighted by Crippen LogP contribution is -2.29. The third-order valence-corrected chi connectivity index (χ3v) is 2.61. The topological polar surface area (TPSA) is 98.0 Å². The second-order valence-corrected chi connectivity index (χ2v) is 4.33. The molecule has 0 saturated carbocycles. The maximum atomic E-state index is 11.4. The Hall–Kier alpha value is -2.88. The zero-order chi connectivity index (χ0) is 17.1. The van der Waals surface area contributed by atoms with Crippen LogP contribution in [0.25, 0.3) is 0 Å². The number of carbonyl (C=O) groups excluding carboxylic acids is 1. The van der Waals surface area contributed by atoms with E-state index < -0.39 is 0 Å². The molecular formula is C16H22N4O3. The molecule has 0 aliphatic heterocycles. The van der Waals surface area contributed by atoms with E-state index in [-0.39, 0.29) is 25.0 Å². The first-order valence-electron chi connectivity index (χ1n) is 7.27. The molecular weight excluding hydrogens is 296 g/mol. The van der Waals surface area contributed by atoms with Crippen molar-refractivity contribution in [2.45, 2.75) is 13.8 Å². The predicted octanol–water partition coefficient (Wildman–Crippen LogP) is 0.960. The van der Waals surface area contributed by atoms with Crippen LogP contribution in [0.1, 0.15) is 13.8 Å². The van der Waals surface area contributed by atoms with Crippen molar-refractivity contribution in [3.8, 4) is 23.8 Å². The third-order valence-electron chi connectivity index (χ3n) is 2.61. The van der Waals surface area contributed by atoms with Crippen LogP contribution in [-0.4, -0.2) is 38.2 Å². The predicted molar refractivity (Wildman–Crippen MR) is 90.7 cm³/mol. The van der Waals surface area contributed by atoms with Gasteiger partial charge in [0.1, 0.15) is 18.0 Å². The van der Waals surface area contributed by atoms with Crippen LogP contribution in [0.15, 0.2) is 23.2 Å². The van der Waals surface area contributed by atoms with Gasteiger partial charge in [-0.15, -0.1) is 6.42 Å². The molecule has 0 radical (unpaired) electrons. The van der Waals surface area contributed by atoms with Gasteiger partial charge in [0, 0.05) is 6.07 Å². The molecule has 1 rings (SSSR count). The molecule has 0 heterocycles. The number of rotatable bonds is 8. The first kappa shape index (κ1) is 18.2. The number of terminal acetylenes is 1. The number of benzene rings is 1. The van der Waals surface area contributed by atoms with Crippen molar-refractivity contribution in [2.24, 2.45) is 10.7 Å². The Morgan fingerprint density at radius 3 is 2.74 bits per heavy atom. The molecule has 7 nitrogen and oxygen atoms in total. The number of nitrogens with two attached hydrogens (primary N) is 1. The van der Waals surface area contributed by atoms with Crippen LogP contribution >= 0.6 is 0 Å². The molecule has 0 aromatic heterocycles. The molecule has 7 heteroatoms. The van der Waals surface area contributed by atoms with Gasteiger partial charge in [0.05, 0.1) is 25.4 Å². The maximum Gasteiger partial charge on any atom is 0.242 e. The van der Waals surface area contributed by atoms with Crippen molar-refractivity contribution in [3.05, 3.63) is 18.2 Å². The number of nitrogens with zero attached hydrogens (tertiary/aromatic N) is 1. The fourth-order valence-corrected chi connectivity index (χ4v) is 1.68. The number of hydrogen-bond acceptors (Lipinski definition) is 4. The summed E-state index contributed by atoms with van der Waals surface area (Å²) in [5.41, 5.74) is 6.41. The largest absolute Gasteiger partial charge is 0.494 e. The fraction of sp³-hybridized carbons (Fsp3) is 0.375. The van der Waals surface area contributed by atoms with Crippen LogP contribution in [0.4, 0.5) is 5.69 Å². The lowest BCUT2D eigenvalue weighted by molar-refractivity contribution is -0.119. The Bertz CT molecular complexity index is 593. The molecule has 0 saturated heterocycles. The number of hydrogen-bond donors (Lipinski definition) is 3. The van der Waals surface area contributed by atoms with Crippen LogP contribution in [-0.2, 0) is 4.79 Å². The number of guanidine groups is 1. The van der Waals surface area contributed by atoms with E-state index >= 15 is 0 Å². The molecule has 0 bridgehead atoms. The Kier molecular flexibility index (Phi) is 7.86. The van der Waals surface area contributed by atoms with E-state index in [2.05, 4.69) is 21.5 Å². The molecule has 1 amide bonds. The molecule has 1 aromatic rings. The van der Waals surface area contributed by atoms with E-state index in [0.29, 0.717) is 30.4 Å². The normalized spacial score (nSPS) is 10.6. The van der Waals surface area contributed by atoms with E-state index in [1.165, 1.54) is 0 Å². The fourth-order valence-electron chi connectivity index (χ4n) is 1.68. The molecule has 23 heavy (non-hydrogen) atoms. The SMILES string of the molecule is C#CCNC(=O)CN=C(N)Nc1cc(OCC)ccc1OCC. The summed E-state index contributed by atoms with van der Waals surface area (Å²) in [5.74, 6) is 3.39. The van der Waals surface area contributed by atoms with Gasteiger partial charge in [0.25, 0.3) is 0 Å². The number of ether oxygens (including phenoxy) is 2. The van der Waals surface area contributed by atoms with Crippen LogP contribution in [0, 0.1) is 12.3 Å². The molecule has 4 N–H and O–H groups in total. The average Bonchev–Trinajstić information content (AvgIpc) is 2.54. The van der Waals surface area contributed by atoms with Gasteiger partial charge in [0.2, 0.25) is 5.91 Å².